The van der Waals surface area contributed by atoms with Crippen molar-refractivity contribution in [3.05, 3.63) is 0 Å². The van der Waals surface area contributed by atoms with Crippen LogP contribution >= 0.6 is 0 Å². The molecule has 1 N–H and O–H groups in total. The van der Waals surface area contributed by atoms with Gasteiger partial charge in [-0.05, 0) is 59.9 Å². The van der Waals surface area contributed by atoms with Crippen LogP contribution in [0.3, 0.4) is 0 Å². The molecule has 2 saturated carbocycles. The van der Waals surface area contributed by atoms with Gasteiger partial charge in [0.05, 0.1) is 0 Å². The van der Waals surface area contributed by atoms with Crippen LogP contribution in [0.15, 0.2) is 0 Å². The fourth-order valence-corrected chi connectivity index (χ4v) is 4.20. The summed E-state index contributed by atoms with van der Waals surface area (Å²) in [5.41, 5.74) is 0. The largest absolute Gasteiger partial charge is 0.311 e. The highest BCUT2D eigenvalue weighted by Gasteiger charge is 2.19. The smallest absolute Gasteiger partial charge is 0.00696 e. The van der Waals surface area contributed by atoms with E-state index in [1.54, 1.807) is 0 Å². The normalized spacial score (nSPS) is 21.3. The molecule has 0 aromatic heterocycles. The summed E-state index contributed by atoms with van der Waals surface area (Å²) in [4.78, 5) is 2.46. The summed E-state index contributed by atoms with van der Waals surface area (Å²) in [6, 6.07) is 3.12. The molecule has 2 rings (SSSR count). The molecule has 0 bridgehead atoms. The van der Waals surface area contributed by atoms with Gasteiger partial charge >= 0.3 is 0 Å². The first-order chi connectivity index (χ1) is 10.5. The van der Waals surface area contributed by atoms with Gasteiger partial charge in [-0.2, -0.15) is 0 Å². The molecule has 0 aliphatic heterocycles. The lowest BCUT2D eigenvalue weighted by Crippen LogP contribution is -2.40. The van der Waals surface area contributed by atoms with Gasteiger partial charge in [0.2, 0.25) is 0 Å². The second-order valence-corrected chi connectivity index (χ2v) is 7.85. The van der Waals surface area contributed by atoms with Crippen LogP contribution in [-0.2, 0) is 0 Å². The van der Waals surface area contributed by atoms with Gasteiger partial charge in [0, 0.05) is 24.2 Å². The predicted octanol–water partition coefficient (Wildman–Crippen LogP) is 5.37. The van der Waals surface area contributed by atoms with E-state index in [1.165, 1.54) is 64.2 Å². The number of rotatable bonds is 5. The summed E-state index contributed by atoms with van der Waals surface area (Å²) < 4.78 is 0. The molecule has 2 heteroatoms. The first-order valence-electron chi connectivity index (χ1n) is 10.1. The molecule has 0 spiro atoms. The molecular weight excluding hydrogens is 268 g/mol. The summed E-state index contributed by atoms with van der Waals surface area (Å²) in [6.45, 7) is 12.3. The van der Waals surface area contributed by atoms with E-state index in [4.69, 9.17) is 0 Å². The van der Waals surface area contributed by atoms with Crippen LogP contribution in [0.1, 0.15) is 98.8 Å². The molecule has 0 heterocycles. The van der Waals surface area contributed by atoms with Crippen molar-refractivity contribution in [1.82, 2.24) is 10.2 Å². The van der Waals surface area contributed by atoms with Crippen LogP contribution in [0, 0.1) is 0 Å². The molecule has 2 nitrogen and oxygen atoms in total. The van der Waals surface area contributed by atoms with E-state index in [2.05, 4.69) is 44.8 Å². The standard InChI is InChI=1S/C12H23N.C8H19N/c1-3-7-11(8-4-1)13-12-9-5-2-6-10-12;1-6-9(7(2)3)8(4)5/h11-13H,1-10H2;7-8H,6H2,1-5H3. The minimum Gasteiger partial charge on any atom is -0.311 e. The molecule has 2 aliphatic carbocycles. The molecule has 0 radical (unpaired) electrons. The van der Waals surface area contributed by atoms with Crippen molar-refractivity contribution in [2.45, 2.75) is 123 Å². The van der Waals surface area contributed by atoms with E-state index in [0.29, 0.717) is 12.1 Å². The number of nitrogens with zero attached hydrogens (tertiary/aromatic N) is 1. The second-order valence-electron chi connectivity index (χ2n) is 7.85. The lowest BCUT2D eigenvalue weighted by atomic mass is 9.91. The molecule has 0 aromatic rings. The van der Waals surface area contributed by atoms with Crippen molar-refractivity contribution in [3.63, 3.8) is 0 Å². The molecule has 22 heavy (non-hydrogen) atoms. The minimum atomic E-state index is 0.690. The molecule has 0 amide bonds. The summed E-state index contributed by atoms with van der Waals surface area (Å²) in [5, 5.41) is 3.86. The quantitative estimate of drug-likeness (QED) is 0.734. The van der Waals surface area contributed by atoms with Crippen LogP contribution in [0.25, 0.3) is 0 Å². The minimum absolute atomic E-state index is 0.690. The Kier molecular flexibility index (Phi) is 10.4. The molecule has 2 aliphatic rings. The van der Waals surface area contributed by atoms with E-state index >= 15 is 0 Å². The van der Waals surface area contributed by atoms with Crippen molar-refractivity contribution in [3.8, 4) is 0 Å². The molecule has 0 atom stereocenters. The van der Waals surface area contributed by atoms with Crippen LogP contribution in [0.4, 0.5) is 0 Å². The Morgan fingerprint density at radius 1 is 0.727 bits per heavy atom. The molecule has 2 fully saturated rings. The first kappa shape index (κ1) is 20.0. The number of hydrogen-bond donors (Lipinski definition) is 1. The fourth-order valence-electron chi connectivity index (χ4n) is 4.20. The van der Waals surface area contributed by atoms with Crippen LogP contribution in [0.5, 0.6) is 0 Å². The summed E-state index contributed by atoms with van der Waals surface area (Å²) in [6.07, 6.45) is 14.6. The van der Waals surface area contributed by atoms with Gasteiger partial charge in [-0.15, -0.1) is 0 Å². The van der Waals surface area contributed by atoms with E-state index in [9.17, 15) is 0 Å². The van der Waals surface area contributed by atoms with Gasteiger partial charge in [0.1, 0.15) is 0 Å². The Bertz CT molecular complexity index is 226. The molecule has 0 unspecified atom stereocenters. The van der Waals surface area contributed by atoms with E-state index < -0.39 is 0 Å². The van der Waals surface area contributed by atoms with Gasteiger partial charge in [0.15, 0.2) is 0 Å². The number of hydrogen-bond acceptors (Lipinski definition) is 2. The zero-order valence-corrected chi connectivity index (χ0v) is 16.0. The lowest BCUT2D eigenvalue weighted by molar-refractivity contribution is 0.185. The third-order valence-electron chi connectivity index (χ3n) is 5.37. The Labute approximate surface area is 140 Å². The van der Waals surface area contributed by atoms with Crippen molar-refractivity contribution in [2.75, 3.05) is 6.54 Å². The van der Waals surface area contributed by atoms with E-state index in [0.717, 1.165) is 18.6 Å². The average Bonchev–Trinajstić information content (AvgIpc) is 2.50. The molecule has 132 valence electrons. The Morgan fingerprint density at radius 3 is 1.32 bits per heavy atom. The third kappa shape index (κ3) is 7.97. The Morgan fingerprint density at radius 2 is 1.09 bits per heavy atom. The maximum atomic E-state index is 3.86. The van der Waals surface area contributed by atoms with Gasteiger partial charge in [-0.25, -0.2) is 0 Å². The lowest BCUT2D eigenvalue weighted by Gasteiger charge is -2.30. The first-order valence-corrected chi connectivity index (χ1v) is 10.1. The highest BCUT2D eigenvalue weighted by Crippen LogP contribution is 2.22. The zero-order valence-electron chi connectivity index (χ0n) is 16.0. The monoisotopic (exact) mass is 310 g/mol. The Balaban J connectivity index is 0.000000239. The van der Waals surface area contributed by atoms with Crippen LogP contribution < -0.4 is 5.32 Å². The van der Waals surface area contributed by atoms with Crippen molar-refractivity contribution < 1.29 is 0 Å². The average molecular weight is 311 g/mol. The fraction of sp³-hybridized carbons (Fsp3) is 1.00. The van der Waals surface area contributed by atoms with Crippen molar-refractivity contribution in [2.24, 2.45) is 0 Å². The van der Waals surface area contributed by atoms with Gasteiger partial charge in [-0.1, -0.05) is 45.4 Å². The van der Waals surface area contributed by atoms with Crippen molar-refractivity contribution in [1.29, 1.82) is 0 Å². The predicted molar refractivity (Wildman–Crippen MR) is 99.5 cm³/mol. The topological polar surface area (TPSA) is 15.3 Å². The van der Waals surface area contributed by atoms with Crippen LogP contribution in [-0.4, -0.2) is 35.6 Å². The van der Waals surface area contributed by atoms with Crippen LogP contribution in [0.2, 0.25) is 0 Å². The van der Waals surface area contributed by atoms with E-state index in [-0.39, 0.29) is 0 Å². The van der Waals surface area contributed by atoms with Gasteiger partial charge < -0.3 is 5.32 Å². The highest BCUT2D eigenvalue weighted by molar-refractivity contribution is 4.79. The molecule has 0 saturated heterocycles. The van der Waals surface area contributed by atoms with Gasteiger partial charge in [0.25, 0.3) is 0 Å². The van der Waals surface area contributed by atoms with E-state index in [1.807, 2.05) is 0 Å². The summed E-state index contributed by atoms with van der Waals surface area (Å²) >= 11 is 0. The second kappa shape index (κ2) is 11.5. The van der Waals surface area contributed by atoms with Gasteiger partial charge in [-0.3, -0.25) is 4.90 Å². The summed E-state index contributed by atoms with van der Waals surface area (Å²) in [7, 11) is 0. The molecule has 0 aromatic carbocycles. The molecular formula is C20H42N2. The maximum Gasteiger partial charge on any atom is 0.00696 e. The Hall–Kier alpha value is -0.0800. The summed E-state index contributed by atoms with van der Waals surface area (Å²) in [5.74, 6) is 0. The zero-order chi connectivity index (χ0) is 16.4. The SMILES string of the molecule is C1CCC(NC2CCCCC2)CC1.CCN(C(C)C)C(C)C. The maximum absolute atomic E-state index is 3.86. The van der Waals surface area contributed by atoms with Crippen molar-refractivity contribution >= 4 is 0 Å². The highest BCUT2D eigenvalue weighted by atomic mass is 15.2. The third-order valence-corrected chi connectivity index (χ3v) is 5.37. The number of nitrogens with one attached hydrogen (secondary N) is 1.